The van der Waals surface area contributed by atoms with Crippen molar-refractivity contribution in [2.24, 2.45) is 0 Å². The quantitative estimate of drug-likeness (QED) is 0.403. The van der Waals surface area contributed by atoms with Crippen LogP contribution in [0.25, 0.3) is 0 Å². The summed E-state index contributed by atoms with van der Waals surface area (Å²) in [5.41, 5.74) is 0. The lowest BCUT2D eigenvalue weighted by molar-refractivity contribution is 0.557. The molecule has 0 aliphatic carbocycles. The van der Waals surface area contributed by atoms with Gasteiger partial charge in [-0.3, -0.25) is 0 Å². The molecule has 0 amide bonds. The second kappa shape index (κ2) is 12.5. The fraction of sp³-hybridized carbons (Fsp3) is 0.875. The second-order valence-corrected chi connectivity index (χ2v) is 6.85. The van der Waals surface area contributed by atoms with E-state index in [1.807, 2.05) is 38.0 Å². The molecule has 0 aromatic heterocycles. The molecule has 0 radical (unpaired) electrons. The molecule has 0 bridgehead atoms. The van der Waals surface area contributed by atoms with E-state index in [1.54, 1.807) is 0 Å². The van der Waals surface area contributed by atoms with Crippen LogP contribution in [0.3, 0.4) is 0 Å². The van der Waals surface area contributed by atoms with Crippen LogP contribution >= 0.6 is 24.4 Å². The Morgan fingerprint density at radius 1 is 0.550 bits per heavy atom. The van der Waals surface area contributed by atoms with Crippen LogP contribution in [0.15, 0.2) is 0 Å². The van der Waals surface area contributed by atoms with Crippen LogP contribution in [0.2, 0.25) is 0 Å². The molecule has 0 aromatic carbocycles. The standard InChI is InChI=1S/C16H32N2S2/c1-17(2)15(19)13-11-9-7-5-6-8-10-12-14-16(20)18(3)4/h5-14H2,1-4H3. The predicted molar refractivity (Wildman–Crippen MR) is 98.7 cm³/mol. The molecule has 0 aliphatic heterocycles. The van der Waals surface area contributed by atoms with Crippen LogP contribution in [0, 0.1) is 0 Å². The first-order chi connectivity index (χ1) is 9.45. The molecule has 0 unspecified atom stereocenters. The van der Waals surface area contributed by atoms with Crippen molar-refractivity contribution in [1.29, 1.82) is 0 Å². The zero-order valence-corrected chi connectivity index (χ0v) is 15.4. The Morgan fingerprint density at radius 2 is 0.800 bits per heavy atom. The largest absolute Gasteiger partial charge is 0.372 e. The Morgan fingerprint density at radius 3 is 1.05 bits per heavy atom. The van der Waals surface area contributed by atoms with Gasteiger partial charge < -0.3 is 9.80 Å². The minimum absolute atomic E-state index is 1.07. The van der Waals surface area contributed by atoms with Gasteiger partial charge in [-0.15, -0.1) is 0 Å². The highest BCUT2D eigenvalue weighted by molar-refractivity contribution is 7.80. The molecule has 0 saturated heterocycles. The van der Waals surface area contributed by atoms with Crippen molar-refractivity contribution >= 4 is 34.4 Å². The molecule has 0 atom stereocenters. The SMILES string of the molecule is CN(C)C(=S)CCCCCCCCCCC(=S)N(C)C. The average molecular weight is 317 g/mol. The van der Waals surface area contributed by atoms with Crippen LogP contribution in [0.4, 0.5) is 0 Å². The molecule has 118 valence electrons. The van der Waals surface area contributed by atoms with Gasteiger partial charge in [-0.1, -0.05) is 63.0 Å². The maximum atomic E-state index is 5.28. The molecule has 0 fully saturated rings. The lowest BCUT2D eigenvalue weighted by atomic mass is 10.1. The molecular weight excluding hydrogens is 284 g/mol. The van der Waals surface area contributed by atoms with Gasteiger partial charge in [-0.25, -0.2) is 0 Å². The van der Waals surface area contributed by atoms with Gasteiger partial charge in [0.1, 0.15) is 0 Å². The van der Waals surface area contributed by atoms with Crippen LogP contribution in [-0.4, -0.2) is 48.0 Å². The fourth-order valence-corrected chi connectivity index (χ4v) is 2.35. The van der Waals surface area contributed by atoms with Gasteiger partial charge in [-0.05, 0) is 25.7 Å². The highest BCUT2D eigenvalue weighted by Gasteiger charge is 2.00. The van der Waals surface area contributed by atoms with E-state index in [4.69, 9.17) is 24.4 Å². The van der Waals surface area contributed by atoms with E-state index in [2.05, 4.69) is 0 Å². The van der Waals surface area contributed by atoms with Gasteiger partial charge in [0.25, 0.3) is 0 Å². The monoisotopic (exact) mass is 316 g/mol. The number of rotatable bonds is 11. The molecule has 0 rings (SSSR count). The molecule has 0 N–H and O–H groups in total. The van der Waals surface area contributed by atoms with E-state index in [9.17, 15) is 0 Å². The highest BCUT2D eigenvalue weighted by Crippen LogP contribution is 2.11. The van der Waals surface area contributed by atoms with Crippen LogP contribution in [0.1, 0.15) is 64.2 Å². The topological polar surface area (TPSA) is 6.48 Å². The van der Waals surface area contributed by atoms with Gasteiger partial charge in [0.2, 0.25) is 0 Å². The number of nitrogens with zero attached hydrogens (tertiary/aromatic N) is 2. The molecule has 2 nitrogen and oxygen atoms in total. The average Bonchev–Trinajstić information content (AvgIpc) is 2.39. The van der Waals surface area contributed by atoms with Crippen molar-refractivity contribution in [3.63, 3.8) is 0 Å². The third-order valence-electron chi connectivity index (χ3n) is 3.53. The Balaban J connectivity index is 3.21. The summed E-state index contributed by atoms with van der Waals surface area (Å²) in [6, 6.07) is 0. The smallest absolute Gasteiger partial charge is 0.0774 e. The minimum atomic E-state index is 1.07. The number of hydrogen-bond donors (Lipinski definition) is 0. The third kappa shape index (κ3) is 11.6. The Labute approximate surface area is 136 Å². The second-order valence-electron chi connectivity index (χ2n) is 5.90. The molecule has 0 aliphatic rings. The van der Waals surface area contributed by atoms with Crippen molar-refractivity contribution < 1.29 is 0 Å². The Kier molecular flexibility index (Phi) is 12.4. The molecular formula is C16H32N2S2. The maximum Gasteiger partial charge on any atom is 0.0774 e. The van der Waals surface area contributed by atoms with Crippen LogP contribution in [-0.2, 0) is 0 Å². The van der Waals surface area contributed by atoms with Gasteiger partial charge >= 0.3 is 0 Å². The molecule has 0 spiro atoms. The molecule has 0 heterocycles. The molecule has 0 aromatic rings. The normalized spacial score (nSPS) is 10.4. The predicted octanol–water partition coefficient (Wildman–Crippen LogP) is 4.67. The van der Waals surface area contributed by atoms with E-state index >= 15 is 0 Å². The van der Waals surface area contributed by atoms with E-state index in [0.29, 0.717) is 0 Å². The summed E-state index contributed by atoms with van der Waals surface area (Å²) in [7, 11) is 8.13. The van der Waals surface area contributed by atoms with Crippen molar-refractivity contribution in [2.45, 2.75) is 64.2 Å². The van der Waals surface area contributed by atoms with E-state index in [0.717, 1.165) is 22.8 Å². The zero-order chi connectivity index (χ0) is 15.4. The third-order valence-corrected chi connectivity index (χ3v) is 4.67. The van der Waals surface area contributed by atoms with Gasteiger partial charge in [0.15, 0.2) is 0 Å². The molecule has 0 saturated carbocycles. The van der Waals surface area contributed by atoms with Crippen LogP contribution in [0.5, 0.6) is 0 Å². The van der Waals surface area contributed by atoms with Crippen LogP contribution < -0.4 is 0 Å². The first-order valence-corrected chi connectivity index (χ1v) is 8.67. The number of unbranched alkanes of at least 4 members (excludes halogenated alkanes) is 7. The number of hydrogen-bond acceptors (Lipinski definition) is 2. The summed E-state index contributed by atoms with van der Waals surface area (Å²) in [5, 5.41) is 0. The summed E-state index contributed by atoms with van der Waals surface area (Å²) in [6.45, 7) is 0. The van der Waals surface area contributed by atoms with Gasteiger partial charge in [0.05, 0.1) is 9.98 Å². The van der Waals surface area contributed by atoms with E-state index < -0.39 is 0 Å². The zero-order valence-electron chi connectivity index (χ0n) is 13.8. The molecule has 20 heavy (non-hydrogen) atoms. The summed E-state index contributed by atoms with van der Waals surface area (Å²) < 4.78 is 0. The van der Waals surface area contributed by atoms with Gasteiger partial charge in [-0.2, -0.15) is 0 Å². The summed E-state index contributed by atoms with van der Waals surface area (Å²) in [5.74, 6) is 0. The Hall–Kier alpha value is -0.220. The summed E-state index contributed by atoms with van der Waals surface area (Å²) in [4.78, 5) is 6.27. The lowest BCUT2D eigenvalue weighted by Gasteiger charge is -2.13. The van der Waals surface area contributed by atoms with Crippen molar-refractivity contribution in [1.82, 2.24) is 9.80 Å². The summed E-state index contributed by atoms with van der Waals surface area (Å²) in [6.07, 6.45) is 12.7. The van der Waals surface area contributed by atoms with Gasteiger partial charge in [0, 0.05) is 28.2 Å². The van der Waals surface area contributed by atoms with E-state index in [1.165, 1.54) is 51.4 Å². The molecule has 4 heteroatoms. The fourth-order valence-electron chi connectivity index (χ4n) is 2.06. The maximum absolute atomic E-state index is 5.28. The van der Waals surface area contributed by atoms with E-state index in [-0.39, 0.29) is 0 Å². The Bertz CT molecular complexity index is 248. The van der Waals surface area contributed by atoms with Crippen molar-refractivity contribution in [2.75, 3.05) is 28.2 Å². The highest BCUT2D eigenvalue weighted by atomic mass is 32.1. The lowest BCUT2D eigenvalue weighted by Crippen LogP contribution is -2.19. The minimum Gasteiger partial charge on any atom is -0.372 e. The van der Waals surface area contributed by atoms with Crippen molar-refractivity contribution in [3.8, 4) is 0 Å². The first-order valence-electron chi connectivity index (χ1n) is 7.85. The number of thiocarbonyl (C=S) groups is 2. The summed E-state index contributed by atoms with van der Waals surface area (Å²) >= 11 is 10.6. The van der Waals surface area contributed by atoms with Crippen molar-refractivity contribution in [3.05, 3.63) is 0 Å². The first kappa shape index (κ1) is 19.8.